The molecule has 0 radical (unpaired) electrons. The van der Waals surface area contributed by atoms with Crippen LogP contribution in [-0.4, -0.2) is 28.1 Å². The Bertz CT molecular complexity index is 1070. The number of carbonyl (C=O) groups excluding carboxylic acids is 2. The van der Waals surface area contributed by atoms with Crippen molar-refractivity contribution >= 4 is 29.0 Å². The van der Waals surface area contributed by atoms with Crippen LogP contribution >= 0.6 is 11.6 Å². The number of amides is 1. The molecule has 29 heavy (non-hydrogen) atoms. The van der Waals surface area contributed by atoms with Gasteiger partial charge < -0.3 is 10.1 Å². The van der Waals surface area contributed by atoms with Gasteiger partial charge in [-0.1, -0.05) is 29.8 Å². The lowest BCUT2D eigenvalue weighted by Crippen LogP contribution is -2.24. The number of benzene rings is 2. The summed E-state index contributed by atoms with van der Waals surface area (Å²) in [4.78, 5) is 25.2. The van der Waals surface area contributed by atoms with Crippen LogP contribution < -0.4 is 10.1 Å². The number of nitrogens with zero attached hydrogens (tertiary/aromatic N) is 2. The molecule has 9 heteroatoms. The maximum atomic E-state index is 12.7. The molecule has 0 atom stereocenters. The first kappa shape index (κ1) is 20.5. The van der Waals surface area contributed by atoms with Crippen LogP contribution in [0.25, 0.3) is 5.69 Å². The average molecular weight is 420 g/mol. The molecule has 0 saturated heterocycles. The zero-order chi connectivity index (χ0) is 21.1. The van der Waals surface area contributed by atoms with E-state index in [9.17, 15) is 18.4 Å². The summed E-state index contributed by atoms with van der Waals surface area (Å²) in [6, 6.07) is 12.9. The fourth-order valence-electron chi connectivity index (χ4n) is 2.86. The highest BCUT2D eigenvalue weighted by atomic mass is 35.5. The van der Waals surface area contributed by atoms with Gasteiger partial charge in [0.15, 0.2) is 0 Å². The van der Waals surface area contributed by atoms with Crippen molar-refractivity contribution in [3.05, 3.63) is 70.5 Å². The molecule has 1 N–H and O–H groups in total. The summed E-state index contributed by atoms with van der Waals surface area (Å²) in [6.45, 7) is 0.308. The van der Waals surface area contributed by atoms with Gasteiger partial charge >= 0.3 is 6.61 Å². The summed E-state index contributed by atoms with van der Waals surface area (Å²) in [5.74, 6) is -1.91. The van der Waals surface area contributed by atoms with Gasteiger partial charge in [0.1, 0.15) is 5.75 Å². The Balaban J connectivity index is 1.82. The van der Waals surface area contributed by atoms with Gasteiger partial charge in [0, 0.05) is 5.69 Å². The number of aryl methyl sites for hydroxylation is 1. The minimum absolute atomic E-state index is 0.125. The number of anilines is 1. The second-order valence-electron chi connectivity index (χ2n) is 6.10. The third kappa shape index (κ3) is 4.43. The molecule has 6 nitrogen and oxygen atoms in total. The van der Waals surface area contributed by atoms with E-state index in [4.69, 9.17) is 11.6 Å². The summed E-state index contributed by atoms with van der Waals surface area (Å²) < 4.78 is 30.4. The van der Waals surface area contributed by atoms with E-state index in [0.717, 1.165) is 5.69 Å². The molecule has 1 aromatic heterocycles. The highest BCUT2D eigenvalue weighted by Gasteiger charge is 2.25. The largest absolute Gasteiger partial charge is 0.433 e. The van der Waals surface area contributed by atoms with Crippen LogP contribution in [0.1, 0.15) is 21.7 Å². The molecular formula is C20H16ClF2N3O3. The van der Waals surface area contributed by atoms with Crippen LogP contribution in [0.15, 0.2) is 48.5 Å². The maximum Gasteiger partial charge on any atom is 0.387 e. The average Bonchev–Trinajstić information content (AvgIpc) is 2.98. The summed E-state index contributed by atoms with van der Waals surface area (Å²) in [5, 5.41) is 6.64. The molecule has 3 rings (SSSR count). The van der Waals surface area contributed by atoms with E-state index in [1.165, 1.54) is 18.2 Å². The number of alkyl halides is 2. The van der Waals surface area contributed by atoms with Gasteiger partial charge in [-0.05, 0) is 44.2 Å². The van der Waals surface area contributed by atoms with Crippen molar-refractivity contribution < 1.29 is 23.1 Å². The molecule has 0 aliphatic rings. The monoisotopic (exact) mass is 419 g/mol. The Kier molecular flexibility index (Phi) is 5.93. The van der Waals surface area contributed by atoms with Gasteiger partial charge in [-0.2, -0.15) is 13.9 Å². The van der Waals surface area contributed by atoms with Crippen molar-refractivity contribution in [2.45, 2.75) is 20.5 Å². The van der Waals surface area contributed by atoms with Gasteiger partial charge in [0.25, 0.3) is 11.7 Å². The minimum atomic E-state index is -3.03. The Labute approximate surface area is 170 Å². The number of rotatable bonds is 6. The first-order chi connectivity index (χ1) is 13.8. The van der Waals surface area contributed by atoms with E-state index in [1.807, 2.05) is 30.3 Å². The van der Waals surface area contributed by atoms with E-state index in [1.54, 1.807) is 18.5 Å². The number of hydrogen-bond acceptors (Lipinski definition) is 4. The number of ether oxygens (including phenoxy) is 1. The van der Waals surface area contributed by atoms with Crippen molar-refractivity contribution in [2.24, 2.45) is 0 Å². The van der Waals surface area contributed by atoms with Gasteiger partial charge in [-0.15, -0.1) is 0 Å². The Morgan fingerprint density at radius 3 is 2.45 bits per heavy atom. The number of hydrogen-bond donors (Lipinski definition) is 1. The summed E-state index contributed by atoms with van der Waals surface area (Å²) >= 11 is 5.87. The SMILES string of the molecule is Cc1nn(-c2ccccc2)c(C)c1C(=O)C(=O)Nc1ccc(OC(F)F)c(Cl)c1. The third-order valence-corrected chi connectivity index (χ3v) is 4.43. The number of Topliss-reactive ketones (excluding diaryl/α,β-unsaturated/α-hetero) is 1. The normalized spacial score (nSPS) is 10.8. The quantitative estimate of drug-likeness (QED) is 0.469. The van der Waals surface area contributed by atoms with Crippen molar-refractivity contribution in [3.8, 4) is 11.4 Å². The summed E-state index contributed by atoms with van der Waals surface area (Å²) in [7, 11) is 0. The molecule has 0 aliphatic carbocycles. The molecular weight excluding hydrogens is 404 g/mol. The van der Waals surface area contributed by atoms with Crippen molar-refractivity contribution in [1.29, 1.82) is 0 Å². The number of ketones is 1. The number of nitrogens with one attached hydrogen (secondary N) is 1. The summed E-state index contributed by atoms with van der Waals surface area (Å²) in [5.41, 5.74) is 2.04. The molecule has 150 valence electrons. The Morgan fingerprint density at radius 1 is 1.14 bits per heavy atom. The van der Waals surface area contributed by atoms with Crippen LogP contribution in [0.2, 0.25) is 5.02 Å². The lowest BCUT2D eigenvalue weighted by molar-refractivity contribution is -0.112. The molecule has 0 spiro atoms. The Hall–Kier alpha value is -3.26. The smallest absolute Gasteiger partial charge is 0.387 e. The molecule has 0 unspecified atom stereocenters. The molecule has 3 aromatic rings. The second kappa shape index (κ2) is 8.40. The molecule has 1 amide bonds. The highest BCUT2D eigenvalue weighted by Crippen LogP contribution is 2.29. The van der Waals surface area contributed by atoms with Gasteiger partial charge in [-0.3, -0.25) is 9.59 Å². The maximum absolute atomic E-state index is 12.7. The first-order valence-corrected chi connectivity index (χ1v) is 8.87. The van der Waals surface area contributed by atoms with Crippen molar-refractivity contribution in [2.75, 3.05) is 5.32 Å². The van der Waals surface area contributed by atoms with Crippen LogP contribution in [0, 0.1) is 13.8 Å². The van der Waals surface area contributed by atoms with E-state index in [0.29, 0.717) is 11.4 Å². The van der Waals surface area contributed by atoms with E-state index in [-0.39, 0.29) is 22.0 Å². The minimum Gasteiger partial charge on any atom is -0.433 e. The molecule has 1 heterocycles. The van der Waals surface area contributed by atoms with Crippen molar-refractivity contribution in [3.63, 3.8) is 0 Å². The van der Waals surface area contributed by atoms with E-state index in [2.05, 4.69) is 15.2 Å². The van der Waals surface area contributed by atoms with Crippen LogP contribution in [0.5, 0.6) is 5.75 Å². The molecule has 0 bridgehead atoms. The second-order valence-corrected chi connectivity index (χ2v) is 6.51. The lowest BCUT2D eigenvalue weighted by Gasteiger charge is -2.09. The Morgan fingerprint density at radius 2 is 1.83 bits per heavy atom. The molecule has 2 aromatic carbocycles. The van der Waals surface area contributed by atoms with Crippen molar-refractivity contribution in [1.82, 2.24) is 9.78 Å². The standard InChI is InChI=1S/C20H16ClF2N3O3/c1-11-17(12(2)26(25-11)14-6-4-3-5-7-14)18(27)19(28)24-13-8-9-16(15(21)10-13)29-20(22)23/h3-10,20H,1-2H3,(H,24,28). The fourth-order valence-corrected chi connectivity index (χ4v) is 3.09. The lowest BCUT2D eigenvalue weighted by atomic mass is 10.1. The van der Waals surface area contributed by atoms with Crippen LogP contribution in [0.4, 0.5) is 14.5 Å². The predicted molar refractivity (Wildman–Crippen MR) is 104 cm³/mol. The molecule has 0 fully saturated rings. The van der Waals surface area contributed by atoms with Crippen LogP contribution in [-0.2, 0) is 4.79 Å². The molecule has 0 aliphatic heterocycles. The topological polar surface area (TPSA) is 73.2 Å². The van der Waals surface area contributed by atoms with Gasteiger partial charge in [0.05, 0.1) is 27.7 Å². The van der Waals surface area contributed by atoms with Gasteiger partial charge in [0.2, 0.25) is 0 Å². The van der Waals surface area contributed by atoms with Crippen LogP contribution in [0.3, 0.4) is 0 Å². The predicted octanol–water partition coefficient (Wildman–Crippen LogP) is 4.57. The van der Waals surface area contributed by atoms with E-state index >= 15 is 0 Å². The zero-order valence-corrected chi connectivity index (χ0v) is 16.2. The number of aromatic nitrogens is 2. The molecule has 0 saturated carbocycles. The summed E-state index contributed by atoms with van der Waals surface area (Å²) in [6.07, 6.45) is 0. The first-order valence-electron chi connectivity index (χ1n) is 8.49. The third-order valence-electron chi connectivity index (χ3n) is 4.13. The number of carbonyl (C=O) groups is 2. The highest BCUT2D eigenvalue weighted by molar-refractivity contribution is 6.47. The zero-order valence-electron chi connectivity index (χ0n) is 15.4. The number of para-hydroxylation sites is 1. The van der Waals surface area contributed by atoms with Gasteiger partial charge in [-0.25, -0.2) is 4.68 Å². The number of halogens is 3. The fraction of sp³-hybridized carbons (Fsp3) is 0.150. The van der Waals surface area contributed by atoms with E-state index < -0.39 is 18.3 Å².